The molecule has 0 saturated carbocycles. The van der Waals surface area contributed by atoms with Crippen LogP contribution in [0.5, 0.6) is 0 Å². The third kappa shape index (κ3) is 4.88. The Hall–Kier alpha value is -3.32. The van der Waals surface area contributed by atoms with E-state index in [1.807, 2.05) is 6.92 Å². The van der Waals surface area contributed by atoms with Crippen molar-refractivity contribution in [3.05, 3.63) is 76.0 Å². The highest BCUT2D eigenvalue weighted by Gasteiger charge is 2.36. The largest absolute Gasteiger partial charge is 0.466 e. The average molecular weight is 442 g/mol. The second-order valence-corrected chi connectivity index (χ2v) is 7.55. The number of carbonyl (C=O) groups is 3. The summed E-state index contributed by atoms with van der Waals surface area (Å²) in [6.07, 6.45) is 0.745. The highest BCUT2D eigenvalue weighted by Crippen LogP contribution is 2.32. The number of carbonyl (C=O) groups excluding carboxylic acids is 3. The normalized spacial score (nSPS) is 16.1. The molecule has 0 aromatic heterocycles. The number of hydrogen-bond acceptors (Lipinski definition) is 4. The maximum absolute atomic E-state index is 12.7. The minimum atomic E-state index is -0.698. The molecule has 1 aliphatic rings. The van der Waals surface area contributed by atoms with Crippen LogP contribution in [0.3, 0.4) is 0 Å². The fourth-order valence-electron chi connectivity index (χ4n) is 3.53. The smallest absolute Gasteiger partial charge is 0.337 e. The lowest BCUT2D eigenvalue weighted by atomic mass is 9.94. The SMILES string of the molecule is CCCN1C(=O)NC(c2cccc(NC(=O)c3cccc(Cl)c3)c2)C(C(=O)OC)=C1C. The van der Waals surface area contributed by atoms with E-state index in [1.165, 1.54) is 12.0 Å². The lowest BCUT2D eigenvalue weighted by molar-refractivity contribution is -0.136. The van der Waals surface area contributed by atoms with Crippen LogP contribution in [-0.2, 0) is 9.53 Å². The van der Waals surface area contributed by atoms with E-state index in [0.717, 1.165) is 6.42 Å². The van der Waals surface area contributed by atoms with Crippen LogP contribution in [0, 0.1) is 0 Å². The molecule has 162 valence electrons. The van der Waals surface area contributed by atoms with Crippen LogP contribution in [0.2, 0.25) is 5.02 Å². The summed E-state index contributed by atoms with van der Waals surface area (Å²) >= 11 is 5.97. The quantitative estimate of drug-likeness (QED) is 0.645. The first-order chi connectivity index (χ1) is 14.8. The highest BCUT2D eigenvalue weighted by molar-refractivity contribution is 6.31. The van der Waals surface area contributed by atoms with Crippen molar-refractivity contribution in [2.24, 2.45) is 0 Å². The van der Waals surface area contributed by atoms with Crippen LogP contribution >= 0.6 is 11.6 Å². The number of hydrogen-bond donors (Lipinski definition) is 2. The number of benzene rings is 2. The predicted octanol–water partition coefficient (Wildman–Crippen LogP) is 4.52. The molecule has 2 N–H and O–H groups in total. The molecule has 7 nitrogen and oxygen atoms in total. The Balaban J connectivity index is 1.93. The van der Waals surface area contributed by atoms with Crippen LogP contribution in [0.1, 0.15) is 42.2 Å². The van der Waals surface area contributed by atoms with Crippen molar-refractivity contribution in [3.8, 4) is 0 Å². The summed E-state index contributed by atoms with van der Waals surface area (Å²) in [4.78, 5) is 39.3. The molecule has 0 bridgehead atoms. The van der Waals surface area contributed by atoms with Gasteiger partial charge >= 0.3 is 12.0 Å². The number of ether oxygens (including phenoxy) is 1. The average Bonchev–Trinajstić information content (AvgIpc) is 2.76. The lowest BCUT2D eigenvalue weighted by Crippen LogP contribution is -2.48. The van der Waals surface area contributed by atoms with Crippen LogP contribution in [-0.4, -0.2) is 36.5 Å². The van der Waals surface area contributed by atoms with E-state index in [-0.39, 0.29) is 11.9 Å². The van der Waals surface area contributed by atoms with Crippen LogP contribution < -0.4 is 10.6 Å². The number of esters is 1. The van der Waals surface area contributed by atoms with Gasteiger partial charge in [-0.2, -0.15) is 0 Å². The van der Waals surface area contributed by atoms with Crippen molar-refractivity contribution in [2.75, 3.05) is 19.0 Å². The van der Waals surface area contributed by atoms with Gasteiger partial charge in [-0.15, -0.1) is 0 Å². The zero-order chi connectivity index (χ0) is 22.5. The van der Waals surface area contributed by atoms with Gasteiger partial charge < -0.3 is 15.4 Å². The molecule has 2 aromatic carbocycles. The van der Waals surface area contributed by atoms with Crippen molar-refractivity contribution >= 4 is 35.2 Å². The van der Waals surface area contributed by atoms with Gasteiger partial charge in [-0.05, 0) is 49.2 Å². The van der Waals surface area contributed by atoms with Crippen molar-refractivity contribution in [2.45, 2.75) is 26.3 Å². The van der Waals surface area contributed by atoms with Gasteiger partial charge in [-0.3, -0.25) is 9.69 Å². The second kappa shape index (κ2) is 9.66. The van der Waals surface area contributed by atoms with Gasteiger partial charge in [0.2, 0.25) is 0 Å². The maximum Gasteiger partial charge on any atom is 0.337 e. The predicted molar refractivity (Wildman–Crippen MR) is 119 cm³/mol. The second-order valence-electron chi connectivity index (χ2n) is 7.11. The standard InChI is InChI=1S/C23H24ClN3O4/c1-4-11-27-14(2)19(22(29)31-3)20(26-23(27)30)15-7-6-10-18(13-15)25-21(28)16-8-5-9-17(24)12-16/h5-10,12-13,20H,4,11H2,1-3H3,(H,25,28)(H,26,30). The Morgan fingerprint density at radius 2 is 1.94 bits per heavy atom. The highest BCUT2D eigenvalue weighted by atomic mass is 35.5. The summed E-state index contributed by atoms with van der Waals surface area (Å²) in [6.45, 7) is 4.18. The van der Waals surface area contributed by atoms with Crippen LogP contribution in [0.25, 0.3) is 0 Å². The number of allylic oxidation sites excluding steroid dienone is 1. The van der Waals surface area contributed by atoms with E-state index in [9.17, 15) is 14.4 Å². The van der Waals surface area contributed by atoms with Gasteiger partial charge in [0.15, 0.2) is 0 Å². The summed E-state index contributed by atoms with van der Waals surface area (Å²) in [5.41, 5.74) is 2.50. The molecule has 0 fully saturated rings. The van der Waals surface area contributed by atoms with Gasteiger partial charge in [-0.1, -0.05) is 36.7 Å². The molecule has 0 aliphatic carbocycles. The van der Waals surface area contributed by atoms with Gasteiger partial charge in [-0.25, -0.2) is 9.59 Å². The number of amides is 3. The van der Waals surface area contributed by atoms with Crippen molar-refractivity contribution in [1.29, 1.82) is 0 Å². The number of halogens is 1. The summed E-state index contributed by atoms with van der Waals surface area (Å²) in [5, 5.41) is 6.17. The number of nitrogens with zero attached hydrogens (tertiary/aromatic N) is 1. The molecule has 8 heteroatoms. The first-order valence-corrected chi connectivity index (χ1v) is 10.3. The molecule has 1 heterocycles. The van der Waals surface area contributed by atoms with E-state index in [0.29, 0.717) is 39.7 Å². The Morgan fingerprint density at radius 1 is 1.19 bits per heavy atom. The molecule has 1 aliphatic heterocycles. The van der Waals surface area contributed by atoms with E-state index < -0.39 is 12.0 Å². The third-order valence-electron chi connectivity index (χ3n) is 5.01. The van der Waals surface area contributed by atoms with Gasteiger partial charge in [0, 0.05) is 28.5 Å². The van der Waals surface area contributed by atoms with Gasteiger partial charge in [0.1, 0.15) is 0 Å². The zero-order valence-electron chi connectivity index (χ0n) is 17.6. The molecule has 0 radical (unpaired) electrons. The zero-order valence-corrected chi connectivity index (χ0v) is 18.3. The molecular formula is C23H24ClN3O4. The summed E-state index contributed by atoms with van der Waals surface area (Å²) < 4.78 is 4.98. The topological polar surface area (TPSA) is 87.7 Å². The van der Waals surface area contributed by atoms with Crippen molar-refractivity contribution < 1.29 is 19.1 Å². The number of urea groups is 1. The third-order valence-corrected chi connectivity index (χ3v) is 5.25. The molecule has 0 spiro atoms. The molecule has 3 amide bonds. The molecule has 1 unspecified atom stereocenters. The van der Waals surface area contributed by atoms with Gasteiger partial charge in [0.05, 0.1) is 18.7 Å². The minimum Gasteiger partial charge on any atom is -0.466 e. The van der Waals surface area contributed by atoms with Crippen LogP contribution in [0.15, 0.2) is 59.8 Å². The van der Waals surface area contributed by atoms with Crippen molar-refractivity contribution in [3.63, 3.8) is 0 Å². The van der Waals surface area contributed by atoms with E-state index in [1.54, 1.807) is 55.5 Å². The fraction of sp³-hybridized carbons (Fsp3) is 0.261. The lowest BCUT2D eigenvalue weighted by Gasteiger charge is -2.35. The Bertz CT molecular complexity index is 1050. The van der Waals surface area contributed by atoms with E-state index >= 15 is 0 Å². The molecule has 2 aromatic rings. The minimum absolute atomic E-state index is 0.287. The number of nitrogens with one attached hydrogen (secondary N) is 2. The summed E-state index contributed by atoms with van der Waals surface area (Å²) in [6, 6.07) is 12.6. The Morgan fingerprint density at radius 3 is 2.61 bits per heavy atom. The molecular weight excluding hydrogens is 418 g/mol. The molecule has 0 saturated heterocycles. The Kier molecular flexibility index (Phi) is 6.97. The molecule has 31 heavy (non-hydrogen) atoms. The van der Waals surface area contributed by atoms with Crippen molar-refractivity contribution in [1.82, 2.24) is 10.2 Å². The number of rotatable bonds is 6. The maximum atomic E-state index is 12.7. The monoisotopic (exact) mass is 441 g/mol. The Labute approximate surface area is 186 Å². The number of anilines is 1. The first kappa shape index (κ1) is 22.4. The summed E-state index contributed by atoms with van der Waals surface area (Å²) in [7, 11) is 1.31. The fourth-order valence-corrected chi connectivity index (χ4v) is 3.72. The van der Waals surface area contributed by atoms with E-state index in [2.05, 4.69) is 10.6 Å². The molecule has 3 rings (SSSR count). The summed E-state index contributed by atoms with van der Waals surface area (Å²) in [5.74, 6) is -0.835. The van der Waals surface area contributed by atoms with Crippen LogP contribution in [0.4, 0.5) is 10.5 Å². The molecule has 1 atom stereocenters. The first-order valence-electron chi connectivity index (χ1n) is 9.89. The van der Waals surface area contributed by atoms with Gasteiger partial charge in [0.25, 0.3) is 5.91 Å². The number of methoxy groups -OCH3 is 1. The van der Waals surface area contributed by atoms with E-state index in [4.69, 9.17) is 16.3 Å².